The number of hydrogen-bond acceptors (Lipinski definition) is 1. The van der Waals surface area contributed by atoms with Crippen LogP contribution in [0.25, 0.3) is 0 Å². The largest absolute Gasteiger partial charge is 0.317 e. The Hall–Kier alpha value is -0.820. The van der Waals surface area contributed by atoms with E-state index in [9.17, 15) is 0 Å². The summed E-state index contributed by atoms with van der Waals surface area (Å²) in [5.41, 5.74) is 4.95. The second kappa shape index (κ2) is 3.39. The highest BCUT2D eigenvalue weighted by atomic mass is 14.9. The van der Waals surface area contributed by atoms with Gasteiger partial charge in [-0.15, -0.1) is 0 Å². The van der Waals surface area contributed by atoms with Crippen LogP contribution in [-0.4, -0.2) is 13.1 Å². The Morgan fingerprint density at radius 3 is 2.64 bits per heavy atom. The number of nitrogens with one attached hydrogen (secondary N) is 1. The third kappa shape index (κ3) is 1.27. The fourth-order valence-electron chi connectivity index (χ4n) is 2.79. The van der Waals surface area contributed by atoms with Gasteiger partial charge < -0.3 is 5.32 Å². The maximum atomic E-state index is 3.44. The lowest BCUT2D eigenvalue weighted by Crippen LogP contribution is -2.28. The normalized spacial score (nSPS) is 21.4. The first-order valence-corrected chi connectivity index (χ1v) is 5.76. The van der Waals surface area contributed by atoms with Crippen LogP contribution in [-0.2, 0) is 12.8 Å². The standard InChI is InChI=1S/C13H17N/c1-2-10-4-5-13(10)12(3-1)11-6-8-14-9-7-11/h1-3,11,14H,4-9H2. The molecule has 0 amide bonds. The third-order valence-corrected chi connectivity index (χ3v) is 3.73. The van der Waals surface area contributed by atoms with Crippen molar-refractivity contribution in [1.82, 2.24) is 5.32 Å². The first-order chi connectivity index (χ1) is 6.95. The molecule has 74 valence electrons. The van der Waals surface area contributed by atoms with E-state index in [0.29, 0.717) is 0 Å². The number of hydrogen-bond donors (Lipinski definition) is 1. The van der Waals surface area contributed by atoms with E-state index < -0.39 is 0 Å². The second-order valence-corrected chi connectivity index (χ2v) is 4.51. The average molecular weight is 187 g/mol. The molecule has 1 aromatic carbocycles. The van der Waals surface area contributed by atoms with Crippen LogP contribution >= 0.6 is 0 Å². The van der Waals surface area contributed by atoms with E-state index in [4.69, 9.17) is 0 Å². The van der Waals surface area contributed by atoms with Crippen LogP contribution in [0.4, 0.5) is 0 Å². The number of benzene rings is 1. The molecule has 1 aliphatic heterocycles. The van der Waals surface area contributed by atoms with Crippen molar-refractivity contribution in [3.05, 3.63) is 34.9 Å². The van der Waals surface area contributed by atoms with E-state index in [1.165, 1.54) is 38.8 Å². The minimum Gasteiger partial charge on any atom is -0.317 e. The van der Waals surface area contributed by atoms with Crippen molar-refractivity contribution in [2.75, 3.05) is 13.1 Å². The van der Waals surface area contributed by atoms with Gasteiger partial charge in [0.25, 0.3) is 0 Å². The van der Waals surface area contributed by atoms with Crippen molar-refractivity contribution in [2.45, 2.75) is 31.6 Å². The average Bonchev–Trinajstić information content (AvgIpc) is 2.21. The molecule has 0 spiro atoms. The van der Waals surface area contributed by atoms with Gasteiger partial charge in [-0.1, -0.05) is 18.2 Å². The van der Waals surface area contributed by atoms with Crippen molar-refractivity contribution in [3.63, 3.8) is 0 Å². The lowest BCUT2D eigenvalue weighted by molar-refractivity contribution is 0.456. The third-order valence-electron chi connectivity index (χ3n) is 3.73. The van der Waals surface area contributed by atoms with E-state index in [1.54, 1.807) is 16.7 Å². The second-order valence-electron chi connectivity index (χ2n) is 4.51. The van der Waals surface area contributed by atoms with E-state index in [1.807, 2.05) is 0 Å². The van der Waals surface area contributed by atoms with Crippen LogP contribution in [0.3, 0.4) is 0 Å². The summed E-state index contributed by atoms with van der Waals surface area (Å²) in [4.78, 5) is 0. The van der Waals surface area contributed by atoms with Gasteiger partial charge in [-0.25, -0.2) is 0 Å². The van der Waals surface area contributed by atoms with E-state index in [0.717, 1.165) is 5.92 Å². The Balaban J connectivity index is 1.91. The zero-order valence-electron chi connectivity index (χ0n) is 8.55. The van der Waals surface area contributed by atoms with Gasteiger partial charge in [0.1, 0.15) is 0 Å². The first kappa shape index (κ1) is 8.49. The predicted octanol–water partition coefficient (Wildman–Crippen LogP) is 2.25. The van der Waals surface area contributed by atoms with E-state index >= 15 is 0 Å². The molecule has 0 saturated carbocycles. The van der Waals surface area contributed by atoms with Crippen molar-refractivity contribution in [1.29, 1.82) is 0 Å². The molecular weight excluding hydrogens is 170 g/mol. The predicted molar refractivity (Wildman–Crippen MR) is 58.7 cm³/mol. The number of piperidine rings is 1. The van der Waals surface area contributed by atoms with Gasteiger partial charge in [0.2, 0.25) is 0 Å². The van der Waals surface area contributed by atoms with Crippen LogP contribution in [0, 0.1) is 0 Å². The summed E-state index contributed by atoms with van der Waals surface area (Å²) in [6.45, 7) is 2.41. The fraction of sp³-hybridized carbons (Fsp3) is 0.538. The van der Waals surface area contributed by atoms with Gasteiger partial charge in [-0.05, 0) is 61.4 Å². The Kier molecular flexibility index (Phi) is 2.06. The minimum atomic E-state index is 0.839. The molecule has 1 N–H and O–H groups in total. The molecule has 1 heteroatoms. The highest BCUT2D eigenvalue weighted by Gasteiger charge is 2.23. The van der Waals surface area contributed by atoms with Crippen LogP contribution in [0.1, 0.15) is 35.4 Å². The molecule has 0 atom stereocenters. The lowest BCUT2D eigenvalue weighted by Gasteiger charge is -2.30. The summed E-state index contributed by atoms with van der Waals surface area (Å²) in [6.07, 6.45) is 5.30. The summed E-state index contributed by atoms with van der Waals surface area (Å²) >= 11 is 0. The van der Waals surface area contributed by atoms with E-state index in [2.05, 4.69) is 23.5 Å². The first-order valence-electron chi connectivity index (χ1n) is 5.76. The zero-order valence-corrected chi connectivity index (χ0v) is 8.55. The molecule has 1 saturated heterocycles. The van der Waals surface area contributed by atoms with Crippen LogP contribution in [0.15, 0.2) is 18.2 Å². The maximum Gasteiger partial charge on any atom is -0.00431 e. The highest BCUT2D eigenvalue weighted by molar-refractivity contribution is 5.43. The Morgan fingerprint density at radius 1 is 1.07 bits per heavy atom. The van der Waals surface area contributed by atoms with Gasteiger partial charge in [-0.2, -0.15) is 0 Å². The highest BCUT2D eigenvalue weighted by Crippen LogP contribution is 2.34. The van der Waals surface area contributed by atoms with Crippen molar-refractivity contribution < 1.29 is 0 Å². The van der Waals surface area contributed by atoms with Crippen LogP contribution in [0.5, 0.6) is 0 Å². The lowest BCUT2D eigenvalue weighted by atomic mass is 9.78. The summed E-state index contributed by atoms with van der Waals surface area (Å²) in [5.74, 6) is 0.839. The summed E-state index contributed by atoms with van der Waals surface area (Å²) in [6, 6.07) is 6.90. The van der Waals surface area contributed by atoms with E-state index in [-0.39, 0.29) is 0 Å². The molecule has 2 aliphatic rings. The molecule has 1 aromatic rings. The Labute approximate surface area is 85.5 Å². The molecule has 0 radical (unpaired) electrons. The van der Waals surface area contributed by atoms with Crippen LogP contribution < -0.4 is 5.32 Å². The zero-order chi connectivity index (χ0) is 9.38. The van der Waals surface area contributed by atoms with Gasteiger partial charge in [0.05, 0.1) is 0 Å². The van der Waals surface area contributed by atoms with Crippen molar-refractivity contribution in [3.8, 4) is 0 Å². The summed E-state index contributed by atoms with van der Waals surface area (Å²) in [7, 11) is 0. The van der Waals surface area contributed by atoms with Gasteiger partial charge in [-0.3, -0.25) is 0 Å². The fourth-order valence-corrected chi connectivity index (χ4v) is 2.79. The molecular formula is C13H17N. The van der Waals surface area contributed by atoms with Gasteiger partial charge >= 0.3 is 0 Å². The molecule has 1 fully saturated rings. The quantitative estimate of drug-likeness (QED) is 0.711. The molecule has 1 nitrogen and oxygen atoms in total. The minimum absolute atomic E-state index is 0.839. The van der Waals surface area contributed by atoms with Crippen molar-refractivity contribution >= 4 is 0 Å². The Morgan fingerprint density at radius 2 is 1.93 bits per heavy atom. The van der Waals surface area contributed by atoms with Gasteiger partial charge in [0, 0.05) is 0 Å². The molecule has 1 heterocycles. The molecule has 3 rings (SSSR count). The monoisotopic (exact) mass is 187 g/mol. The van der Waals surface area contributed by atoms with Crippen molar-refractivity contribution in [2.24, 2.45) is 0 Å². The SMILES string of the molecule is c1cc2c(c(C3CCNCC3)c1)CC2. The number of aryl methyl sites for hydroxylation is 1. The molecule has 14 heavy (non-hydrogen) atoms. The smallest absolute Gasteiger partial charge is 0.00431 e. The number of rotatable bonds is 1. The molecule has 0 unspecified atom stereocenters. The van der Waals surface area contributed by atoms with Crippen LogP contribution in [0.2, 0.25) is 0 Å². The molecule has 1 aliphatic carbocycles. The Bertz CT molecular complexity index is 337. The summed E-state index contributed by atoms with van der Waals surface area (Å²) < 4.78 is 0. The summed E-state index contributed by atoms with van der Waals surface area (Å²) in [5, 5.41) is 3.44. The topological polar surface area (TPSA) is 12.0 Å². The number of fused-ring (bicyclic) bond motifs is 1. The maximum absolute atomic E-state index is 3.44. The van der Waals surface area contributed by atoms with Gasteiger partial charge in [0.15, 0.2) is 0 Å². The molecule has 0 bridgehead atoms. The molecule has 0 aromatic heterocycles.